The molecule has 2 aliphatic carbocycles. The molecule has 0 spiro atoms. The van der Waals surface area contributed by atoms with E-state index in [2.05, 4.69) is 4.98 Å². The molecule has 0 unspecified atom stereocenters. The summed E-state index contributed by atoms with van der Waals surface area (Å²) in [6.07, 6.45) is 5.41. The molecular formula is C16H17N3O4. The first kappa shape index (κ1) is 14.2. The van der Waals surface area contributed by atoms with E-state index in [9.17, 15) is 14.4 Å². The topological polar surface area (TPSA) is 94.2 Å². The standard InChI is InChI=1S/C16H17N3O4/c20-14-12-5-11(15(21)22)6-17-13(12)18(7-9-1-2-9)16(23)19(14)8-10-3-4-10/h5-6,9-10H,1-4,7-8H2,(H,21,22). The Balaban J connectivity index is 1.97. The number of nitrogens with zero attached hydrogens (tertiary/aromatic N) is 3. The lowest BCUT2D eigenvalue weighted by Gasteiger charge is -2.13. The Morgan fingerprint density at radius 2 is 1.74 bits per heavy atom. The lowest BCUT2D eigenvalue weighted by molar-refractivity contribution is 0.0696. The molecule has 0 aromatic carbocycles. The lowest BCUT2D eigenvalue weighted by atomic mass is 10.2. The number of carboxylic acids is 1. The van der Waals surface area contributed by atoms with Crippen LogP contribution in [0.15, 0.2) is 21.9 Å². The SMILES string of the molecule is O=C(O)c1cnc2c(c1)c(=O)n(CC1CC1)c(=O)n2CC1CC1. The number of rotatable bonds is 5. The summed E-state index contributed by atoms with van der Waals surface area (Å²) in [7, 11) is 0. The molecule has 2 aromatic rings. The number of carbonyl (C=O) groups is 1. The van der Waals surface area contributed by atoms with E-state index in [0.717, 1.165) is 25.7 Å². The Morgan fingerprint density at radius 3 is 2.30 bits per heavy atom. The van der Waals surface area contributed by atoms with E-state index in [1.807, 2.05) is 0 Å². The highest BCUT2D eigenvalue weighted by Crippen LogP contribution is 2.31. The van der Waals surface area contributed by atoms with E-state index in [0.29, 0.717) is 30.6 Å². The molecule has 2 heterocycles. The van der Waals surface area contributed by atoms with E-state index in [-0.39, 0.29) is 16.6 Å². The van der Waals surface area contributed by atoms with Crippen molar-refractivity contribution >= 4 is 17.0 Å². The van der Waals surface area contributed by atoms with Crippen molar-refractivity contribution in [2.24, 2.45) is 11.8 Å². The summed E-state index contributed by atoms with van der Waals surface area (Å²) in [6, 6.07) is 1.33. The summed E-state index contributed by atoms with van der Waals surface area (Å²) < 4.78 is 2.80. The minimum atomic E-state index is -1.13. The van der Waals surface area contributed by atoms with Crippen LogP contribution < -0.4 is 11.2 Å². The van der Waals surface area contributed by atoms with Crippen LogP contribution in [0, 0.1) is 11.8 Å². The van der Waals surface area contributed by atoms with Crippen LogP contribution in [-0.2, 0) is 13.1 Å². The highest BCUT2D eigenvalue weighted by molar-refractivity contribution is 5.91. The molecule has 2 saturated carbocycles. The molecule has 2 fully saturated rings. The van der Waals surface area contributed by atoms with Crippen LogP contribution in [0.2, 0.25) is 0 Å². The molecule has 23 heavy (non-hydrogen) atoms. The average molecular weight is 315 g/mol. The monoisotopic (exact) mass is 315 g/mol. The van der Waals surface area contributed by atoms with Gasteiger partial charge in [0.1, 0.15) is 5.65 Å². The zero-order valence-electron chi connectivity index (χ0n) is 12.6. The Hall–Kier alpha value is -2.44. The van der Waals surface area contributed by atoms with Crippen LogP contribution in [0.25, 0.3) is 11.0 Å². The van der Waals surface area contributed by atoms with Gasteiger partial charge in [0.15, 0.2) is 0 Å². The van der Waals surface area contributed by atoms with Gasteiger partial charge in [-0.15, -0.1) is 0 Å². The van der Waals surface area contributed by atoms with Gasteiger partial charge in [-0.05, 0) is 43.6 Å². The van der Waals surface area contributed by atoms with E-state index >= 15 is 0 Å². The maximum Gasteiger partial charge on any atom is 0.337 e. The summed E-state index contributed by atoms with van der Waals surface area (Å²) in [6.45, 7) is 0.954. The zero-order valence-corrected chi connectivity index (χ0v) is 12.6. The summed E-state index contributed by atoms with van der Waals surface area (Å²) in [5, 5.41) is 9.34. The molecular weight excluding hydrogens is 298 g/mol. The summed E-state index contributed by atoms with van der Waals surface area (Å²) in [4.78, 5) is 40.6. The third-order valence-corrected chi connectivity index (χ3v) is 4.58. The molecule has 7 heteroatoms. The van der Waals surface area contributed by atoms with Gasteiger partial charge in [-0.2, -0.15) is 0 Å². The van der Waals surface area contributed by atoms with Crippen LogP contribution in [0.5, 0.6) is 0 Å². The van der Waals surface area contributed by atoms with Crippen molar-refractivity contribution in [2.75, 3.05) is 0 Å². The first-order valence-electron chi connectivity index (χ1n) is 7.91. The molecule has 0 radical (unpaired) electrons. The fourth-order valence-corrected chi connectivity index (χ4v) is 2.86. The maximum absolute atomic E-state index is 12.7. The van der Waals surface area contributed by atoms with Crippen molar-refractivity contribution in [1.29, 1.82) is 0 Å². The maximum atomic E-state index is 12.7. The summed E-state index contributed by atoms with van der Waals surface area (Å²) >= 11 is 0. The molecule has 0 saturated heterocycles. The average Bonchev–Trinajstić information content (AvgIpc) is 3.43. The lowest BCUT2D eigenvalue weighted by Crippen LogP contribution is -2.41. The van der Waals surface area contributed by atoms with E-state index in [1.54, 1.807) is 4.57 Å². The van der Waals surface area contributed by atoms with Gasteiger partial charge in [-0.25, -0.2) is 14.6 Å². The Labute approximate surface area is 131 Å². The molecule has 0 atom stereocenters. The molecule has 1 N–H and O–H groups in total. The van der Waals surface area contributed by atoms with Gasteiger partial charge in [0.05, 0.1) is 10.9 Å². The Kier molecular flexibility index (Phi) is 3.11. The van der Waals surface area contributed by atoms with Crippen LogP contribution in [0.3, 0.4) is 0 Å². The number of carboxylic acid groups (broad SMARTS) is 1. The minimum absolute atomic E-state index is 0.0378. The fraction of sp³-hybridized carbons (Fsp3) is 0.500. The summed E-state index contributed by atoms with van der Waals surface area (Å²) in [5.41, 5.74) is -0.496. The predicted molar refractivity (Wildman–Crippen MR) is 82.7 cm³/mol. The number of aromatic carboxylic acids is 1. The van der Waals surface area contributed by atoms with Gasteiger partial charge in [0, 0.05) is 19.3 Å². The molecule has 0 bridgehead atoms. The normalized spacial score (nSPS) is 17.6. The fourth-order valence-electron chi connectivity index (χ4n) is 2.86. The van der Waals surface area contributed by atoms with Crippen molar-refractivity contribution in [3.05, 3.63) is 38.7 Å². The molecule has 120 valence electrons. The number of hydrogen-bond acceptors (Lipinski definition) is 4. The number of pyridine rings is 1. The highest BCUT2D eigenvalue weighted by atomic mass is 16.4. The van der Waals surface area contributed by atoms with Gasteiger partial charge in [0.2, 0.25) is 0 Å². The second kappa shape index (κ2) is 5.04. The highest BCUT2D eigenvalue weighted by Gasteiger charge is 2.28. The zero-order chi connectivity index (χ0) is 16.1. The molecule has 4 rings (SSSR count). The second-order valence-electron chi connectivity index (χ2n) is 6.60. The van der Waals surface area contributed by atoms with Gasteiger partial charge < -0.3 is 5.11 Å². The van der Waals surface area contributed by atoms with E-state index < -0.39 is 11.5 Å². The van der Waals surface area contributed by atoms with Gasteiger partial charge in [0.25, 0.3) is 5.56 Å². The second-order valence-corrected chi connectivity index (χ2v) is 6.60. The van der Waals surface area contributed by atoms with Crippen molar-refractivity contribution < 1.29 is 9.90 Å². The number of hydrogen-bond donors (Lipinski definition) is 1. The molecule has 0 aliphatic heterocycles. The minimum Gasteiger partial charge on any atom is -0.478 e. The van der Waals surface area contributed by atoms with Crippen LogP contribution in [-0.4, -0.2) is 25.2 Å². The van der Waals surface area contributed by atoms with E-state index in [4.69, 9.17) is 5.11 Å². The predicted octanol–water partition coefficient (Wildman–Crippen LogP) is 1.08. The van der Waals surface area contributed by atoms with Crippen molar-refractivity contribution in [2.45, 2.75) is 38.8 Å². The van der Waals surface area contributed by atoms with Gasteiger partial charge >= 0.3 is 11.7 Å². The number of aromatic nitrogens is 3. The Morgan fingerprint density at radius 1 is 1.13 bits per heavy atom. The van der Waals surface area contributed by atoms with Crippen molar-refractivity contribution in [3.8, 4) is 0 Å². The van der Waals surface area contributed by atoms with Gasteiger partial charge in [-0.1, -0.05) is 0 Å². The third-order valence-electron chi connectivity index (χ3n) is 4.58. The Bertz CT molecular complexity index is 919. The smallest absolute Gasteiger partial charge is 0.337 e. The van der Waals surface area contributed by atoms with Crippen molar-refractivity contribution in [3.63, 3.8) is 0 Å². The third kappa shape index (κ3) is 2.56. The molecule has 2 aromatic heterocycles. The molecule has 2 aliphatic rings. The van der Waals surface area contributed by atoms with Crippen molar-refractivity contribution in [1.82, 2.24) is 14.1 Å². The number of fused-ring (bicyclic) bond motifs is 1. The van der Waals surface area contributed by atoms with Crippen LogP contribution in [0.4, 0.5) is 0 Å². The molecule has 0 amide bonds. The first-order chi connectivity index (χ1) is 11.0. The largest absolute Gasteiger partial charge is 0.478 e. The first-order valence-corrected chi connectivity index (χ1v) is 7.91. The summed E-state index contributed by atoms with van der Waals surface area (Å²) in [5.74, 6) is -0.306. The molecule has 7 nitrogen and oxygen atoms in total. The van der Waals surface area contributed by atoms with Crippen LogP contribution in [0.1, 0.15) is 36.0 Å². The quantitative estimate of drug-likeness (QED) is 0.891. The van der Waals surface area contributed by atoms with E-state index in [1.165, 1.54) is 16.8 Å². The van der Waals surface area contributed by atoms with Crippen LogP contribution >= 0.6 is 0 Å². The van der Waals surface area contributed by atoms with Gasteiger partial charge in [-0.3, -0.25) is 13.9 Å².